The van der Waals surface area contributed by atoms with E-state index >= 15 is 0 Å². The van der Waals surface area contributed by atoms with Crippen LogP contribution in [0.25, 0.3) is 11.0 Å². The Kier molecular flexibility index (Phi) is 2.94. The minimum atomic E-state index is -0.150. The largest absolute Gasteiger partial charge is 0.310 e. The van der Waals surface area contributed by atoms with Gasteiger partial charge in [0, 0.05) is 4.47 Å². The number of halogens is 1. The summed E-state index contributed by atoms with van der Waals surface area (Å²) in [6.07, 6.45) is 1.55. The van der Waals surface area contributed by atoms with E-state index in [9.17, 15) is 4.79 Å². The van der Waals surface area contributed by atoms with Gasteiger partial charge in [0.25, 0.3) is 5.56 Å². The van der Waals surface area contributed by atoms with E-state index in [2.05, 4.69) is 31.0 Å². The van der Waals surface area contributed by atoms with Crippen molar-refractivity contribution in [3.63, 3.8) is 0 Å². The Bertz CT molecular complexity index is 806. The first kappa shape index (κ1) is 12.1. The van der Waals surface area contributed by atoms with Gasteiger partial charge in [0.2, 0.25) is 0 Å². The van der Waals surface area contributed by atoms with Crippen LogP contribution in [-0.2, 0) is 6.54 Å². The highest BCUT2D eigenvalue weighted by molar-refractivity contribution is 9.10. The first-order valence-corrected chi connectivity index (χ1v) is 6.59. The predicted octanol–water partition coefficient (Wildman–Crippen LogP) is 2.24. The first-order valence-electron chi connectivity index (χ1n) is 5.80. The fourth-order valence-electron chi connectivity index (χ4n) is 2.00. The molecular weight excluding hydrogens is 308 g/mol. The second-order valence-electron chi connectivity index (χ2n) is 4.32. The maximum Gasteiger partial charge on any atom is 0.262 e. The Morgan fingerprint density at radius 3 is 3.05 bits per heavy atom. The molecule has 6 heteroatoms. The molecule has 0 amide bonds. The number of nitrogens with zero attached hydrogens (tertiary/aromatic N) is 3. The van der Waals surface area contributed by atoms with Crippen molar-refractivity contribution < 1.29 is 0 Å². The SMILES string of the molecule is Cc1nc2c(cnn2Cc2cccc(Br)c2)c(=O)[nH]1. The number of aromatic nitrogens is 4. The molecule has 0 fully saturated rings. The molecule has 96 valence electrons. The zero-order valence-electron chi connectivity index (χ0n) is 10.2. The minimum absolute atomic E-state index is 0.150. The highest BCUT2D eigenvalue weighted by Gasteiger charge is 2.09. The van der Waals surface area contributed by atoms with Crippen molar-refractivity contribution in [3.05, 3.63) is 56.7 Å². The normalized spacial score (nSPS) is 11.1. The van der Waals surface area contributed by atoms with Crippen molar-refractivity contribution >= 4 is 27.0 Å². The summed E-state index contributed by atoms with van der Waals surface area (Å²) in [6.45, 7) is 2.34. The summed E-state index contributed by atoms with van der Waals surface area (Å²) >= 11 is 3.44. The molecule has 0 aliphatic carbocycles. The molecule has 2 heterocycles. The molecule has 0 radical (unpaired) electrons. The van der Waals surface area contributed by atoms with E-state index in [1.807, 2.05) is 24.3 Å². The van der Waals surface area contributed by atoms with Gasteiger partial charge in [0.15, 0.2) is 5.65 Å². The van der Waals surface area contributed by atoms with Gasteiger partial charge in [-0.1, -0.05) is 28.1 Å². The summed E-state index contributed by atoms with van der Waals surface area (Å²) in [6, 6.07) is 7.97. The van der Waals surface area contributed by atoms with Crippen molar-refractivity contribution in [2.24, 2.45) is 0 Å². The number of hydrogen-bond acceptors (Lipinski definition) is 3. The topological polar surface area (TPSA) is 63.6 Å². The zero-order valence-corrected chi connectivity index (χ0v) is 11.8. The fraction of sp³-hybridized carbons (Fsp3) is 0.154. The van der Waals surface area contributed by atoms with Crippen molar-refractivity contribution in [3.8, 4) is 0 Å². The van der Waals surface area contributed by atoms with Crippen molar-refractivity contribution in [1.29, 1.82) is 0 Å². The second-order valence-corrected chi connectivity index (χ2v) is 5.24. The minimum Gasteiger partial charge on any atom is -0.310 e. The highest BCUT2D eigenvalue weighted by Crippen LogP contribution is 2.14. The van der Waals surface area contributed by atoms with Crippen LogP contribution in [-0.4, -0.2) is 19.7 Å². The van der Waals surface area contributed by atoms with Gasteiger partial charge in [-0.05, 0) is 24.6 Å². The standard InChI is InChI=1S/C13H11BrN4O/c1-8-16-12-11(13(19)17-8)6-15-18(12)7-9-3-2-4-10(14)5-9/h2-6H,7H2,1H3,(H,16,17,19). The van der Waals surface area contributed by atoms with Crippen LogP contribution >= 0.6 is 15.9 Å². The Labute approximate surface area is 117 Å². The molecule has 5 nitrogen and oxygen atoms in total. The number of hydrogen-bond donors (Lipinski definition) is 1. The zero-order chi connectivity index (χ0) is 13.4. The van der Waals surface area contributed by atoms with E-state index in [-0.39, 0.29) is 5.56 Å². The molecule has 0 unspecified atom stereocenters. The average molecular weight is 319 g/mol. The summed E-state index contributed by atoms with van der Waals surface area (Å²) in [5.74, 6) is 0.591. The van der Waals surface area contributed by atoms with Gasteiger partial charge in [0.05, 0.1) is 12.7 Å². The molecular formula is C13H11BrN4O. The van der Waals surface area contributed by atoms with E-state index < -0.39 is 0 Å². The number of fused-ring (bicyclic) bond motifs is 1. The molecule has 0 saturated carbocycles. The molecule has 0 aliphatic rings. The van der Waals surface area contributed by atoms with Crippen LogP contribution < -0.4 is 5.56 Å². The molecule has 1 N–H and O–H groups in total. The third kappa shape index (κ3) is 2.31. The third-order valence-corrected chi connectivity index (χ3v) is 3.34. The van der Waals surface area contributed by atoms with E-state index in [0.29, 0.717) is 23.4 Å². The van der Waals surface area contributed by atoms with Crippen molar-refractivity contribution in [2.75, 3.05) is 0 Å². The van der Waals surface area contributed by atoms with Crippen LogP contribution in [0.1, 0.15) is 11.4 Å². The molecule has 0 atom stereocenters. The van der Waals surface area contributed by atoms with Gasteiger partial charge < -0.3 is 4.98 Å². The first-order chi connectivity index (χ1) is 9.13. The predicted molar refractivity (Wildman–Crippen MR) is 76.1 cm³/mol. The van der Waals surface area contributed by atoms with Gasteiger partial charge in [-0.25, -0.2) is 9.67 Å². The molecule has 2 aromatic heterocycles. The van der Waals surface area contributed by atoms with Crippen molar-refractivity contribution in [1.82, 2.24) is 19.7 Å². The summed E-state index contributed by atoms with van der Waals surface area (Å²) < 4.78 is 2.75. The lowest BCUT2D eigenvalue weighted by atomic mass is 10.2. The molecule has 1 aromatic carbocycles. The van der Waals surface area contributed by atoms with Crippen molar-refractivity contribution in [2.45, 2.75) is 13.5 Å². The number of aryl methyl sites for hydroxylation is 1. The van der Waals surface area contributed by atoms with E-state index in [0.717, 1.165) is 10.0 Å². The number of rotatable bonds is 2. The van der Waals surface area contributed by atoms with E-state index in [1.54, 1.807) is 17.8 Å². The Morgan fingerprint density at radius 1 is 1.42 bits per heavy atom. The van der Waals surface area contributed by atoms with Gasteiger partial charge in [-0.2, -0.15) is 5.10 Å². The maximum atomic E-state index is 11.8. The molecule has 3 rings (SSSR count). The average Bonchev–Trinajstić information content (AvgIpc) is 2.73. The third-order valence-electron chi connectivity index (χ3n) is 2.85. The summed E-state index contributed by atoms with van der Waals surface area (Å²) in [7, 11) is 0. The van der Waals surface area contributed by atoms with Gasteiger partial charge in [0.1, 0.15) is 11.2 Å². The smallest absolute Gasteiger partial charge is 0.262 e. The van der Waals surface area contributed by atoms with Crippen LogP contribution in [0.15, 0.2) is 39.7 Å². The van der Waals surface area contributed by atoms with Crippen LogP contribution in [0.2, 0.25) is 0 Å². The number of benzene rings is 1. The van der Waals surface area contributed by atoms with E-state index in [4.69, 9.17) is 0 Å². The summed E-state index contributed by atoms with van der Waals surface area (Å²) in [4.78, 5) is 18.8. The summed E-state index contributed by atoms with van der Waals surface area (Å²) in [5, 5.41) is 4.76. The number of nitrogens with one attached hydrogen (secondary N) is 1. The van der Waals surface area contributed by atoms with Crippen LogP contribution in [0.4, 0.5) is 0 Å². The van der Waals surface area contributed by atoms with Gasteiger partial charge in [-0.15, -0.1) is 0 Å². The monoisotopic (exact) mass is 318 g/mol. The Morgan fingerprint density at radius 2 is 2.26 bits per heavy atom. The molecule has 0 saturated heterocycles. The Balaban J connectivity index is 2.09. The van der Waals surface area contributed by atoms with Crippen LogP contribution in [0, 0.1) is 6.92 Å². The quantitative estimate of drug-likeness (QED) is 0.788. The molecule has 3 aromatic rings. The lowest BCUT2D eigenvalue weighted by molar-refractivity contribution is 0.702. The van der Waals surface area contributed by atoms with Crippen LogP contribution in [0.5, 0.6) is 0 Å². The molecule has 0 spiro atoms. The highest BCUT2D eigenvalue weighted by atomic mass is 79.9. The summed E-state index contributed by atoms with van der Waals surface area (Å²) in [5.41, 5.74) is 1.56. The molecule has 0 bridgehead atoms. The number of aromatic amines is 1. The maximum absolute atomic E-state index is 11.8. The molecule has 19 heavy (non-hydrogen) atoms. The Hall–Kier alpha value is -1.95. The second kappa shape index (κ2) is 4.62. The lowest BCUT2D eigenvalue weighted by Gasteiger charge is -2.04. The fourth-order valence-corrected chi connectivity index (χ4v) is 2.45. The van der Waals surface area contributed by atoms with Gasteiger partial charge >= 0.3 is 0 Å². The van der Waals surface area contributed by atoms with Crippen LogP contribution in [0.3, 0.4) is 0 Å². The lowest BCUT2D eigenvalue weighted by Crippen LogP contribution is -2.11. The van der Waals surface area contributed by atoms with E-state index in [1.165, 1.54) is 0 Å². The molecule has 0 aliphatic heterocycles. The number of H-pyrrole nitrogens is 1. The van der Waals surface area contributed by atoms with Gasteiger partial charge in [-0.3, -0.25) is 4.79 Å².